The summed E-state index contributed by atoms with van der Waals surface area (Å²) < 4.78 is 5.71. The minimum absolute atomic E-state index is 0.143. The molecule has 1 aromatic carbocycles. The number of hydrogen-bond donors (Lipinski definition) is 1. The van der Waals surface area contributed by atoms with Crippen molar-refractivity contribution in [1.29, 1.82) is 0 Å². The third-order valence-electron chi connectivity index (χ3n) is 2.42. The number of benzene rings is 1. The van der Waals surface area contributed by atoms with Crippen LogP contribution < -0.4 is 5.32 Å². The van der Waals surface area contributed by atoms with Crippen molar-refractivity contribution < 1.29 is 4.74 Å². The first-order chi connectivity index (χ1) is 6.75. The first-order valence-electron chi connectivity index (χ1n) is 4.86. The summed E-state index contributed by atoms with van der Waals surface area (Å²) in [5, 5.41) is 4.15. The van der Waals surface area contributed by atoms with E-state index in [0.29, 0.717) is 6.04 Å². The fraction of sp³-hybridized carbons (Fsp3) is 0.455. The zero-order valence-electron chi connectivity index (χ0n) is 8.16. The van der Waals surface area contributed by atoms with Gasteiger partial charge in [-0.1, -0.05) is 23.7 Å². The lowest BCUT2D eigenvalue weighted by atomic mass is 10.1. The molecule has 76 valence electrons. The third kappa shape index (κ3) is 2.27. The maximum atomic E-state index is 5.92. The number of nitrogens with one attached hydrogen (secondary N) is 1. The van der Waals surface area contributed by atoms with E-state index in [4.69, 9.17) is 16.3 Å². The summed E-state index contributed by atoms with van der Waals surface area (Å²) >= 11 is 5.92. The molecule has 3 heteroatoms. The molecule has 1 heterocycles. The molecule has 2 nitrogen and oxygen atoms in total. The van der Waals surface area contributed by atoms with Crippen LogP contribution in [0.25, 0.3) is 0 Å². The molecule has 1 aliphatic rings. The standard InChI is InChI=1S/C11H14ClNO/c1-8-7-14-11(6-13-8)9-3-2-4-10(12)5-9/h2-5,8,11,13H,6-7H2,1H3/t8-,11?/m1/s1. The maximum absolute atomic E-state index is 5.92. The van der Waals surface area contributed by atoms with E-state index in [1.807, 2.05) is 24.3 Å². The SMILES string of the molecule is C[C@@H]1COC(c2cccc(Cl)c2)CN1. The van der Waals surface area contributed by atoms with E-state index in [1.165, 1.54) is 0 Å². The molecular weight excluding hydrogens is 198 g/mol. The second-order valence-corrected chi connectivity index (χ2v) is 4.12. The minimum Gasteiger partial charge on any atom is -0.371 e. The van der Waals surface area contributed by atoms with Crippen molar-refractivity contribution in [3.8, 4) is 0 Å². The van der Waals surface area contributed by atoms with Crippen molar-refractivity contribution in [2.24, 2.45) is 0 Å². The fourth-order valence-electron chi connectivity index (χ4n) is 1.61. The van der Waals surface area contributed by atoms with Gasteiger partial charge >= 0.3 is 0 Å². The predicted octanol–water partition coefficient (Wildman–Crippen LogP) is 2.39. The predicted molar refractivity (Wildman–Crippen MR) is 57.6 cm³/mol. The highest BCUT2D eigenvalue weighted by molar-refractivity contribution is 6.30. The number of morpholine rings is 1. The van der Waals surface area contributed by atoms with Crippen LogP contribution in [0.3, 0.4) is 0 Å². The normalized spacial score (nSPS) is 27.6. The number of ether oxygens (including phenoxy) is 1. The highest BCUT2D eigenvalue weighted by Gasteiger charge is 2.19. The summed E-state index contributed by atoms with van der Waals surface area (Å²) in [4.78, 5) is 0. The second-order valence-electron chi connectivity index (χ2n) is 3.69. The van der Waals surface area contributed by atoms with Crippen LogP contribution in [-0.2, 0) is 4.74 Å². The van der Waals surface area contributed by atoms with Crippen molar-refractivity contribution in [3.05, 3.63) is 34.9 Å². The van der Waals surface area contributed by atoms with Gasteiger partial charge in [0.1, 0.15) is 0 Å². The molecule has 0 amide bonds. The van der Waals surface area contributed by atoms with Crippen molar-refractivity contribution in [2.45, 2.75) is 19.1 Å². The van der Waals surface area contributed by atoms with Crippen LogP contribution >= 0.6 is 11.6 Å². The van der Waals surface area contributed by atoms with Crippen LogP contribution in [0.1, 0.15) is 18.6 Å². The van der Waals surface area contributed by atoms with E-state index in [1.54, 1.807) is 0 Å². The molecule has 0 aliphatic carbocycles. The Bertz CT molecular complexity index is 308. The van der Waals surface area contributed by atoms with Gasteiger partial charge in [-0.15, -0.1) is 0 Å². The first-order valence-corrected chi connectivity index (χ1v) is 5.24. The second kappa shape index (κ2) is 4.30. The molecule has 1 unspecified atom stereocenters. The summed E-state index contributed by atoms with van der Waals surface area (Å²) in [5.41, 5.74) is 1.15. The Morgan fingerprint density at radius 1 is 1.50 bits per heavy atom. The molecule has 0 saturated carbocycles. The summed E-state index contributed by atoms with van der Waals surface area (Å²) in [5.74, 6) is 0. The van der Waals surface area contributed by atoms with Crippen LogP contribution in [0, 0.1) is 0 Å². The molecule has 1 aromatic rings. The van der Waals surface area contributed by atoms with Crippen molar-refractivity contribution in [1.82, 2.24) is 5.32 Å². The summed E-state index contributed by atoms with van der Waals surface area (Å²) in [7, 11) is 0. The quantitative estimate of drug-likeness (QED) is 0.770. The van der Waals surface area contributed by atoms with Crippen LogP contribution in [0.4, 0.5) is 0 Å². The van der Waals surface area contributed by atoms with Gasteiger partial charge in [-0.3, -0.25) is 0 Å². The van der Waals surface area contributed by atoms with Crippen molar-refractivity contribution in [3.63, 3.8) is 0 Å². The van der Waals surface area contributed by atoms with Crippen LogP contribution in [-0.4, -0.2) is 19.2 Å². The van der Waals surface area contributed by atoms with Gasteiger partial charge in [0.25, 0.3) is 0 Å². The highest BCUT2D eigenvalue weighted by Crippen LogP contribution is 2.22. The van der Waals surface area contributed by atoms with Gasteiger partial charge in [0, 0.05) is 17.6 Å². The van der Waals surface area contributed by atoms with Gasteiger partial charge in [0.15, 0.2) is 0 Å². The summed E-state index contributed by atoms with van der Waals surface area (Å²) in [6.07, 6.45) is 0.143. The van der Waals surface area contributed by atoms with Crippen molar-refractivity contribution in [2.75, 3.05) is 13.2 Å². The average Bonchev–Trinajstić information content (AvgIpc) is 2.19. The zero-order valence-corrected chi connectivity index (χ0v) is 8.92. The van der Waals surface area contributed by atoms with E-state index in [-0.39, 0.29) is 6.10 Å². The molecule has 0 aromatic heterocycles. The zero-order chi connectivity index (χ0) is 9.97. The molecule has 2 rings (SSSR count). The first kappa shape index (κ1) is 9.97. The molecule has 1 N–H and O–H groups in total. The lowest BCUT2D eigenvalue weighted by Crippen LogP contribution is -2.40. The molecule has 1 aliphatic heterocycles. The highest BCUT2D eigenvalue weighted by atomic mass is 35.5. The lowest BCUT2D eigenvalue weighted by molar-refractivity contribution is 0.00696. The molecular formula is C11H14ClNO. The topological polar surface area (TPSA) is 21.3 Å². The molecule has 0 radical (unpaired) electrons. The molecule has 1 fully saturated rings. The summed E-state index contributed by atoms with van der Waals surface area (Å²) in [6, 6.07) is 8.30. The molecule has 14 heavy (non-hydrogen) atoms. The van der Waals surface area contributed by atoms with Gasteiger partial charge in [-0.05, 0) is 24.6 Å². The Labute approximate surface area is 89.2 Å². The smallest absolute Gasteiger partial charge is 0.0950 e. The average molecular weight is 212 g/mol. The van der Waals surface area contributed by atoms with E-state index in [0.717, 1.165) is 23.7 Å². The Morgan fingerprint density at radius 2 is 2.36 bits per heavy atom. The fourth-order valence-corrected chi connectivity index (χ4v) is 1.81. The van der Waals surface area contributed by atoms with Crippen LogP contribution in [0.15, 0.2) is 24.3 Å². The van der Waals surface area contributed by atoms with Gasteiger partial charge in [-0.2, -0.15) is 0 Å². The minimum atomic E-state index is 0.143. The summed E-state index contributed by atoms with van der Waals surface area (Å²) in [6.45, 7) is 3.74. The largest absolute Gasteiger partial charge is 0.371 e. The van der Waals surface area contributed by atoms with Gasteiger partial charge in [0.2, 0.25) is 0 Å². The van der Waals surface area contributed by atoms with E-state index < -0.39 is 0 Å². The molecule has 0 spiro atoms. The number of halogens is 1. The number of rotatable bonds is 1. The van der Waals surface area contributed by atoms with Gasteiger partial charge in [-0.25, -0.2) is 0 Å². The van der Waals surface area contributed by atoms with Crippen LogP contribution in [0.2, 0.25) is 5.02 Å². The Hall–Kier alpha value is -0.570. The van der Waals surface area contributed by atoms with E-state index in [9.17, 15) is 0 Å². The number of hydrogen-bond acceptors (Lipinski definition) is 2. The molecule has 0 bridgehead atoms. The van der Waals surface area contributed by atoms with E-state index in [2.05, 4.69) is 12.2 Å². The maximum Gasteiger partial charge on any atom is 0.0950 e. The molecule has 1 saturated heterocycles. The Morgan fingerprint density at radius 3 is 3.00 bits per heavy atom. The molecule has 2 atom stereocenters. The van der Waals surface area contributed by atoms with Gasteiger partial charge < -0.3 is 10.1 Å². The Kier molecular flexibility index (Phi) is 3.06. The third-order valence-corrected chi connectivity index (χ3v) is 2.65. The van der Waals surface area contributed by atoms with Crippen LogP contribution in [0.5, 0.6) is 0 Å². The van der Waals surface area contributed by atoms with Crippen molar-refractivity contribution >= 4 is 11.6 Å². The lowest BCUT2D eigenvalue weighted by Gasteiger charge is -2.28. The van der Waals surface area contributed by atoms with Gasteiger partial charge in [0.05, 0.1) is 12.7 Å². The monoisotopic (exact) mass is 211 g/mol. The Balaban J connectivity index is 2.08. The van der Waals surface area contributed by atoms with E-state index >= 15 is 0 Å².